The lowest BCUT2D eigenvalue weighted by Gasteiger charge is -2.05. The molecule has 0 aliphatic heterocycles. The van der Waals surface area contributed by atoms with Gasteiger partial charge >= 0.3 is 0 Å². The maximum absolute atomic E-state index is 6.06. The van der Waals surface area contributed by atoms with E-state index in [9.17, 15) is 0 Å². The fourth-order valence-electron chi connectivity index (χ4n) is 2.34. The highest BCUT2D eigenvalue weighted by molar-refractivity contribution is 6.30. The van der Waals surface area contributed by atoms with Crippen LogP contribution in [-0.2, 0) is 6.54 Å². The number of hydrogen-bond acceptors (Lipinski definition) is 6. The van der Waals surface area contributed by atoms with Gasteiger partial charge < -0.3 is 14.3 Å². The summed E-state index contributed by atoms with van der Waals surface area (Å²) in [5.41, 5.74) is 1.90. The van der Waals surface area contributed by atoms with Crippen LogP contribution in [0.2, 0.25) is 5.02 Å². The molecule has 3 heterocycles. The zero-order valence-electron chi connectivity index (χ0n) is 11.9. The van der Waals surface area contributed by atoms with Crippen LogP contribution in [0.1, 0.15) is 5.76 Å². The summed E-state index contributed by atoms with van der Waals surface area (Å²) < 4.78 is 10.6. The molecular weight excluding hydrogens is 316 g/mol. The van der Waals surface area contributed by atoms with Crippen LogP contribution in [0.4, 0.5) is 5.82 Å². The van der Waals surface area contributed by atoms with Crippen LogP contribution in [0.3, 0.4) is 0 Å². The fraction of sp³-hybridized carbons (Fsp3) is 0.0625. The minimum Gasteiger partial charge on any atom is -0.467 e. The van der Waals surface area contributed by atoms with Crippen molar-refractivity contribution in [2.45, 2.75) is 6.54 Å². The number of furan rings is 1. The number of anilines is 1. The maximum atomic E-state index is 6.06. The van der Waals surface area contributed by atoms with Crippen LogP contribution in [-0.4, -0.2) is 15.1 Å². The quantitative estimate of drug-likeness (QED) is 0.607. The minimum atomic E-state index is 0.414. The molecule has 0 aliphatic rings. The van der Waals surface area contributed by atoms with Crippen LogP contribution >= 0.6 is 11.6 Å². The van der Waals surface area contributed by atoms with Crippen molar-refractivity contribution in [2.75, 3.05) is 5.32 Å². The van der Waals surface area contributed by atoms with E-state index in [1.807, 2.05) is 30.3 Å². The number of rotatable bonds is 4. The van der Waals surface area contributed by atoms with E-state index in [1.54, 1.807) is 12.3 Å². The Morgan fingerprint density at radius 2 is 2.09 bits per heavy atom. The Kier molecular flexibility index (Phi) is 3.44. The van der Waals surface area contributed by atoms with Crippen LogP contribution in [0, 0.1) is 0 Å². The summed E-state index contributed by atoms with van der Waals surface area (Å²) in [5.74, 6) is 1.43. The molecule has 0 bridgehead atoms. The van der Waals surface area contributed by atoms with Crippen molar-refractivity contribution < 1.29 is 8.94 Å². The lowest BCUT2D eigenvalue weighted by molar-refractivity contribution is 0.451. The largest absolute Gasteiger partial charge is 0.467 e. The van der Waals surface area contributed by atoms with E-state index in [-0.39, 0.29) is 0 Å². The monoisotopic (exact) mass is 326 g/mol. The minimum absolute atomic E-state index is 0.414. The van der Waals surface area contributed by atoms with Crippen molar-refractivity contribution in [3.63, 3.8) is 0 Å². The molecule has 0 spiro atoms. The third kappa shape index (κ3) is 2.64. The number of nitrogens with one attached hydrogen (secondary N) is 1. The third-order valence-electron chi connectivity index (χ3n) is 3.38. The van der Waals surface area contributed by atoms with E-state index < -0.39 is 0 Å². The van der Waals surface area contributed by atoms with Gasteiger partial charge in [-0.25, -0.2) is 4.98 Å². The summed E-state index contributed by atoms with van der Waals surface area (Å²) in [7, 11) is 0. The Bertz CT molecular complexity index is 950. The Hall–Kier alpha value is -2.86. The average Bonchev–Trinajstić information content (AvgIpc) is 3.22. The van der Waals surface area contributed by atoms with Gasteiger partial charge in [0.25, 0.3) is 5.71 Å². The zero-order valence-corrected chi connectivity index (χ0v) is 12.6. The van der Waals surface area contributed by atoms with Crippen molar-refractivity contribution >= 4 is 28.5 Å². The van der Waals surface area contributed by atoms with Crippen molar-refractivity contribution in [3.8, 4) is 11.3 Å². The summed E-state index contributed by atoms with van der Waals surface area (Å²) in [4.78, 5) is 8.41. The Labute approximate surface area is 136 Å². The van der Waals surface area contributed by atoms with E-state index in [0.29, 0.717) is 34.2 Å². The first-order valence-electron chi connectivity index (χ1n) is 6.94. The first-order chi connectivity index (χ1) is 11.3. The second-order valence-corrected chi connectivity index (χ2v) is 5.31. The van der Waals surface area contributed by atoms with Gasteiger partial charge in [-0.05, 0) is 24.3 Å². The lowest BCUT2D eigenvalue weighted by Crippen LogP contribution is -2.01. The van der Waals surface area contributed by atoms with E-state index in [0.717, 1.165) is 11.3 Å². The summed E-state index contributed by atoms with van der Waals surface area (Å²) in [6, 6.07) is 11.1. The lowest BCUT2D eigenvalue weighted by atomic mass is 10.1. The topological polar surface area (TPSA) is 77.0 Å². The SMILES string of the molecule is Clc1cccc(-c2noc3ncnc(NCc4ccco4)c23)c1. The Balaban J connectivity index is 1.77. The van der Waals surface area contributed by atoms with Gasteiger partial charge in [-0.15, -0.1) is 0 Å². The van der Waals surface area contributed by atoms with Gasteiger partial charge in [0.05, 0.1) is 12.8 Å². The number of hydrogen-bond donors (Lipinski definition) is 1. The summed E-state index contributed by atoms with van der Waals surface area (Å²) >= 11 is 6.06. The molecule has 1 aromatic carbocycles. The molecule has 0 aliphatic carbocycles. The fourth-order valence-corrected chi connectivity index (χ4v) is 2.53. The van der Waals surface area contributed by atoms with Gasteiger partial charge in [-0.3, -0.25) is 0 Å². The summed E-state index contributed by atoms with van der Waals surface area (Å²) in [5, 5.41) is 8.67. The number of aromatic nitrogens is 3. The van der Waals surface area contributed by atoms with Gasteiger partial charge in [0.2, 0.25) is 0 Å². The molecule has 0 unspecified atom stereocenters. The number of fused-ring (bicyclic) bond motifs is 1. The van der Waals surface area contributed by atoms with Gasteiger partial charge in [0.15, 0.2) is 0 Å². The van der Waals surface area contributed by atoms with Crippen LogP contribution in [0.5, 0.6) is 0 Å². The highest BCUT2D eigenvalue weighted by Crippen LogP contribution is 2.32. The smallest absolute Gasteiger partial charge is 0.263 e. The Morgan fingerprint density at radius 3 is 2.91 bits per heavy atom. The predicted octanol–water partition coefficient (Wildman–Crippen LogP) is 4.14. The molecule has 0 fully saturated rings. The first-order valence-corrected chi connectivity index (χ1v) is 7.31. The van der Waals surface area contributed by atoms with E-state index >= 15 is 0 Å². The van der Waals surface area contributed by atoms with Gasteiger partial charge in [-0.1, -0.05) is 28.9 Å². The normalized spacial score (nSPS) is 11.0. The molecule has 114 valence electrons. The molecule has 3 aromatic heterocycles. The molecule has 6 nitrogen and oxygen atoms in total. The molecule has 23 heavy (non-hydrogen) atoms. The number of benzene rings is 1. The molecule has 0 saturated carbocycles. The molecule has 0 radical (unpaired) electrons. The highest BCUT2D eigenvalue weighted by Gasteiger charge is 2.17. The molecule has 4 aromatic rings. The van der Waals surface area contributed by atoms with E-state index in [2.05, 4.69) is 20.4 Å². The van der Waals surface area contributed by atoms with Crippen molar-refractivity contribution in [1.29, 1.82) is 0 Å². The van der Waals surface area contributed by atoms with E-state index in [4.69, 9.17) is 20.5 Å². The van der Waals surface area contributed by atoms with Gasteiger partial charge in [0, 0.05) is 10.6 Å². The average molecular weight is 327 g/mol. The molecule has 0 saturated heterocycles. The molecule has 0 atom stereocenters. The highest BCUT2D eigenvalue weighted by atomic mass is 35.5. The van der Waals surface area contributed by atoms with Gasteiger partial charge in [0.1, 0.15) is 29.0 Å². The zero-order chi connectivity index (χ0) is 15.6. The van der Waals surface area contributed by atoms with Crippen molar-refractivity contribution in [1.82, 2.24) is 15.1 Å². The first kappa shape index (κ1) is 13.8. The summed E-state index contributed by atoms with van der Waals surface area (Å²) in [6.07, 6.45) is 3.06. The third-order valence-corrected chi connectivity index (χ3v) is 3.62. The van der Waals surface area contributed by atoms with Crippen molar-refractivity contribution in [2.24, 2.45) is 0 Å². The second-order valence-electron chi connectivity index (χ2n) is 4.88. The molecule has 7 heteroatoms. The van der Waals surface area contributed by atoms with Crippen LogP contribution in [0.25, 0.3) is 22.4 Å². The van der Waals surface area contributed by atoms with Crippen LogP contribution in [0.15, 0.2) is 57.9 Å². The van der Waals surface area contributed by atoms with E-state index in [1.165, 1.54) is 6.33 Å². The second kappa shape index (κ2) is 5.73. The maximum Gasteiger partial charge on any atom is 0.263 e. The van der Waals surface area contributed by atoms with Gasteiger partial charge in [-0.2, -0.15) is 4.98 Å². The molecule has 4 rings (SSSR count). The molecular formula is C16H11ClN4O2. The molecule has 0 amide bonds. The molecule has 1 N–H and O–H groups in total. The number of nitrogens with zero attached hydrogens (tertiary/aromatic N) is 3. The predicted molar refractivity (Wildman–Crippen MR) is 86.1 cm³/mol. The summed E-state index contributed by atoms with van der Waals surface area (Å²) in [6.45, 7) is 0.499. The van der Waals surface area contributed by atoms with Crippen molar-refractivity contribution in [3.05, 3.63) is 59.8 Å². The standard InChI is InChI=1S/C16H11ClN4O2/c17-11-4-1-3-10(7-11)14-13-15(18-8-12-5-2-6-22-12)19-9-20-16(13)23-21-14/h1-7,9H,8H2,(H,18,19,20). The van der Waals surface area contributed by atoms with Crippen LogP contribution < -0.4 is 5.32 Å². The Morgan fingerprint density at radius 1 is 1.13 bits per heavy atom. The number of halogens is 1.